The van der Waals surface area contributed by atoms with Gasteiger partial charge in [-0.15, -0.1) is 0 Å². The second-order valence-corrected chi connectivity index (χ2v) is 8.83. The number of nitrogens with zero attached hydrogens (tertiary/aromatic N) is 2. The molecule has 4 rings (SSSR count). The van der Waals surface area contributed by atoms with Crippen molar-refractivity contribution in [2.75, 3.05) is 39.3 Å². The molecule has 0 bridgehead atoms. The van der Waals surface area contributed by atoms with Crippen molar-refractivity contribution < 1.29 is 9.53 Å². The van der Waals surface area contributed by atoms with Crippen molar-refractivity contribution in [3.05, 3.63) is 42.0 Å². The highest BCUT2D eigenvalue weighted by atomic mass is 16.5. The third kappa shape index (κ3) is 5.30. The molecule has 2 aromatic rings. The number of benzene rings is 2. The van der Waals surface area contributed by atoms with E-state index in [0.29, 0.717) is 5.92 Å². The number of hydrogen-bond donors (Lipinski definition) is 0. The summed E-state index contributed by atoms with van der Waals surface area (Å²) in [5.74, 6) is 1.68. The predicted molar refractivity (Wildman–Crippen MR) is 119 cm³/mol. The summed E-state index contributed by atoms with van der Waals surface area (Å²) < 4.78 is 5.99. The van der Waals surface area contributed by atoms with Crippen molar-refractivity contribution in [2.45, 2.75) is 45.4 Å². The number of ether oxygens (including phenoxy) is 1. The first-order valence-electron chi connectivity index (χ1n) is 11.4. The zero-order chi connectivity index (χ0) is 20.1. The summed E-state index contributed by atoms with van der Waals surface area (Å²) in [4.78, 5) is 17.4. The van der Waals surface area contributed by atoms with E-state index in [1.165, 1.54) is 38.8 Å². The van der Waals surface area contributed by atoms with E-state index in [1.807, 2.05) is 23.1 Å². The lowest BCUT2D eigenvalue weighted by molar-refractivity contribution is 0.0683. The lowest BCUT2D eigenvalue weighted by Gasteiger charge is -2.31. The maximum absolute atomic E-state index is 12.9. The number of piperidine rings is 2. The molecule has 0 radical (unpaired) electrons. The normalized spacial score (nSPS) is 20.7. The Balaban J connectivity index is 1.33. The Morgan fingerprint density at radius 2 is 1.79 bits per heavy atom. The third-order valence-corrected chi connectivity index (χ3v) is 6.34. The first-order chi connectivity index (χ1) is 14.2. The lowest BCUT2D eigenvalue weighted by Crippen LogP contribution is -2.39. The van der Waals surface area contributed by atoms with Gasteiger partial charge in [-0.3, -0.25) is 4.79 Å². The molecule has 1 unspecified atom stereocenters. The highest BCUT2D eigenvalue weighted by Gasteiger charge is 2.22. The summed E-state index contributed by atoms with van der Waals surface area (Å²) >= 11 is 0. The van der Waals surface area contributed by atoms with Crippen molar-refractivity contribution in [1.29, 1.82) is 0 Å². The molecule has 0 aromatic heterocycles. The van der Waals surface area contributed by atoms with Crippen LogP contribution >= 0.6 is 0 Å². The average molecular weight is 395 g/mol. The fourth-order valence-electron chi connectivity index (χ4n) is 4.66. The van der Waals surface area contributed by atoms with Crippen LogP contribution in [0, 0.1) is 5.92 Å². The Morgan fingerprint density at radius 1 is 1.00 bits per heavy atom. The molecule has 0 N–H and O–H groups in total. The summed E-state index contributed by atoms with van der Waals surface area (Å²) in [6, 6.07) is 12.2. The summed E-state index contributed by atoms with van der Waals surface area (Å²) in [7, 11) is 0. The van der Waals surface area contributed by atoms with E-state index in [9.17, 15) is 4.79 Å². The van der Waals surface area contributed by atoms with E-state index in [1.54, 1.807) is 0 Å². The van der Waals surface area contributed by atoms with Crippen LogP contribution in [0.5, 0.6) is 5.75 Å². The van der Waals surface area contributed by atoms with Crippen LogP contribution < -0.4 is 4.74 Å². The Kier molecular flexibility index (Phi) is 6.70. The fraction of sp³-hybridized carbons (Fsp3) is 0.560. The Labute approximate surface area is 174 Å². The molecule has 2 fully saturated rings. The maximum atomic E-state index is 12.9. The monoisotopic (exact) mass is 394 g/mol. The minimum atomic E-state index is 0.163. The summed E-state index contributed by atoms with van der Waals surface area (Å²) in [6.07, 6.45) is 7.47. The molecule has 29 heavy (non-hydrogen) atoms. The summed E-state index contributed by atoms with van der Waals surface area (Å²) in [6.45, 7) is 8.36. The molecule has 2 aromatic carbocycles. The Bertz CT molecular complexity index is 829. The molecule has 2 aliphatic rings. The van der Waals surface area contributed by atoms with Crippen molar-refractivity contribution in [3.63, 3.8) is 0 Å². The second kappa shape index (κ2) is 9.62. The molecule has 0 saturated carbocycles. The van der Waals surface area contributed by atoms with E-state index in [4.69, 9.17) is 4.74 Å². The topological polar surface area (TPSA) is 32.8 Å². The van der Waals surface area contributed by atoms with Crippen LogP contribution in [0.1, 0.15) is 55.8 Å². The quantitative estimate of drug-likeness (QED) is 0.649. The van der Waals surface area contributed by atoms with E-state index in [0.717, 1.165) is 61.2 Å². The number of hydrogen-bond acceptors (Lipinski definition) is 3. The highest BCUT2D eigenvalue weighted by molar-refractivity contribution is 5.98. The smallest absolute Gasteiger partial charge is 0.253 e. The zero-order valence-corrected chi connectivity index (χ0v) is 17.7. The van der Waals surface area contributed by atoms with E-state index >= 15 is 0 Å². The summed E-state index contributed by atoms with van der Waals surface area (Å²) in [5.41, 5.74) is 0.793. The van der Waals surface area contributed by atoms with Gasteiger partial charge in [-0.25, -0.2) is 0 Å². The van der Waals surface area contributed by atoms with E-state index < -0.39 is 0 Å². The number of rotatable bonds is 6. The molecule has 4 heteroatoms. The average Bonchev–Trinajstić information content (AvgIpc) is 2.76. The zero-order valence-electron chi connectivity index (χ0n) is 17.7. The molecule has 1 atom stereocenters. The van der Waals surface area contributed by atoms with Crippen LogP contribution in [-0.2, 0) is 0 Å². The van der Waals surface area contributed by atoms with Gasteiger partial charge in [0.2, 0.25) is 0 Å². The van der Waals surface area contributed by atoms with Crippen LogP contribution in [0.3, 0.4) is 0 Å². The molecule has 2 saturated heterocycles. The van der Waals surface area contributed by atoms with Gasteiger partial charge in [0.15, 0.2) is 0 Å². The van der Waals surface area contributed by atoms with Crippen LogP contribution in [0.2, 0.25) is 0 Å². The number of carbonyl (C=O) groups excluding carboxylic acids is 1. The van der Waals surface area contributed by atoms with Gasteiger partial charge in [0.1, 0.15) is 5.75 Å². The second-order valence-electron chi connectivity index (χ2n) is 8.83. The first-order valence-corrected chi connectivity index (χ1v) is 11.4. The molecule has 0 aliphatic carbocycles. The van der Waals surface area contributed by atoms with Crippen LogP contribution in [-0.4, -0.2) is 55.0 Å². The number of amides is 1. The lowest BCUT2D eigenvalue weighted by atomic mass is 9.99. The maximum Gasteiger partial charge on any atom is 0.253 e. The van der Waals surface area contributed by atoms with Gasteiger partial charge in [-0.05, 0) is 86.1 Å². The minimum absolute atomic E-state index is 0.163. The minimum Gasteiger partial charge on any atom is -0.494 e. The predicted octanol–water partition coefficient (Wildman–Crippen LogP) is 4.97. The van der Waals surface area contributed by atoms with Gasteiger partial charge < -0.3 is 14.5 Å². The highest BCUT2D eigenvalue weighted by Crippen LogP contribution is 2.24. The Hall–Kier alpha value is -2.07. The van der Waals surface area contributed by atoms with E-state index in [2.05, 4.69) is 30.0 Å². The third-order valence-electron chi connectivity index (χ3n) is 6.34. The molecule has 4 nitrogen and oxygen atoms in total. The van der Waals surface area contributed by atoms with Crippen molar-refractivity contribution in [3.8, 4) is 5.75 Å². The van der Waals surface area contributed by atoms with Gasteiger partial charge in [0.05, 0.1) is 6.61 Å². The van der Waals surface area contributed by atoms with Crippen LogP contribution in [0.4, 0.5) is 0 Å². The van der Waals surface area contributed by atoms with E-state index in [-0.39, 0.29) is 5.91 Å². The fourth-order valence-corrected chi connectivity index (χ4v) is 4.66. The van der Waals surface area contributed by atoms with Crippen molar-refractivity contribution in [2.24, 2.45) is 5.92 Å². The number of fused-ring (bicyclic) bond motifs is 1. The van der Waals surface area contributed by atoms with Gasteiger partial charge in [0, 0.05) is 25.2 Å². The Morgan fingerprint density at radius 3 is 2.62 bits per heavy atom. The van der Waals surface area contributed by atoms with Gasteiger partial charge >= 0.3 is 0 Å². The largest absolute Gasteiger partial charge is 0.494 e. The molecular formula is C25H34N2O2. The van der Waals surface area contributed by atoms with Crippen molar-refractivity contribution >= 4 is 16.7 Å². The van der Waals surface area contributed by atoms with Crippen LogP contribution in [0.25, 0.3) is 10.8 Å². The van der Waals surface area contributed by atoms with Gasteiger partial charge in [-0.1, -0.05) is 25.5 Å². The first kappa shape index (κ1) is 20.2. The number of carbonyl (C=O) groups is 1. The SMILES string of the molecule is CC1CCCN(C(=O)c2ccc3cc(OCCCN4CCCCC4)ccc3c2)C1. The molecule has 156 valence electrons. The van der Waals surface area contributed by atoms with Crippen LogP contribution in [0.15, 0.2) is 36.4 Å². The summed E-state index contributed by atoms with van der Waals surface area (Å²) in [5, 5.41) is 2.23. The number of likely N-dealkylation sites (tertiary alicyclic amines) is 2. The molecule has 0 spiro atoms. The molecule has 1 amide bonds. The van der Waals surface area contributed by atoms with Gasteiger partial charge in [0.25, 0.3) is 5.91 Å². The van der Waals surface area contributed by atoms with Gasteiger partial charge in [-0.2, -0.15) is 0 Å². The standard InChI is InChI=1S/C25H34N2O2/c1-20-7-5-15-27(19-20)25(28)23-9-8-22-18-24(11-10-21(22)17-23)29-16-6-14-26-12-3-2-4-13-26/h8-11,17-18,20H,2-7,12-16,19H2,1H3. The molecular weight excluding hydrogens is 360 g/mol. The molecule has 2 aliphatic heterocycles. The van der Waals surface area contributed by atoms with Crippen molar-refractivity contribution in [1.82, 2.24) is 9.80 Å². The molecule has 2 heterocycles.